The van der Waals surface area contributed by atoms with Crippen molar-refractivity contribution in [1.82, 2.24) is 14.9 Å². The number of sulfonamides is 1. The lowest BCUT2D eigenvalue weighted by atomic mass is 9.79. The van der Waals surface area contributed by atoms with Gasteiger partial charge in [0, 0.05) is 25.0 Å². The van der Waals surface area contributed by atoms with Gasteiger partial charge in [-0.3, -0.25) is 14.4 Å². The topological polar surface area (TPSA) is 136 Å². The molecule has 1 aliphatic heterocycles. The summed E-state index contributed by atoms with van der Waals surface area (Å²) in [6.07, 6.45) is -2.37. The molecule has 0 spiro atoms. The minimum Gasteiger partial charge on any atom is -0.483 e. The van der Waals surface area contributed by atoms with E-state index in [1.165, 1.54) is 18.3 Å². The first-order chi connectivity index (χ1) is 20.1. The molecule has 4 rings (SSSR count). The lowest BCUT2D eigenvalue weighted by Crippen LogP contribution is -2.64. The number of anilines is 2. The first-order valence-corrected chi connectivity index (χ1v) is 14.2. The van der Waals surface area contributed by atoms with Gasteiger partial charge >= 0.3 is 6.18 Å². The second-order valence-corrected chi connectivity index (χ2v) is 11.6. The number of likely N-dealkylation sites (N-methyl/N-ethyl adjacent to an activating group) is 1. The first-order valence-electron chi connectivity index (χ1n) is 12.8. The van der Waals surface area contributed by atoms with Crippen molar-refractivity contribution < 1.29 is 45.4 Å². The van der Waals surface area contributed by atoms with Gasteiger partial charge in [-0.15, -0.1) is 0 Å². The average Bonchev–Trinajstić information content (AvgIpc) is 2.92. The van der Waals surface area contributed by atoms with E-state index in [-0.39, 0.29) is 50.3 Å². The quantitative estimate of drug-likeness (QED) is 0.251. The van der Waals surface area contributed by atoms with Crippen LogP contribution >= 0.6 is 0 Å². The molecule has 3 aromatic rings. The van der Waals surface area contributed by atoms with Crippen LogP contribution in [-0.2, 0) is 27.4 Å². The van der Waals surface area contributed by atoms with Crippen molar-refractivity contribution >= 4 is 28.0 Å². The number of piperidine rings is 1. The molecule has 2 aromatic carbocycles. The number of aliphatic hydroxyl groups excluding tert-OH is 1. The van der Waals surface area contributed by atoms with Crippen LogP contribution in [0.25, 0.3) is 0 Å². The minimum absolute atomic E-state index is 0.0631. The second kappa shape index (κ2) is 13.6. The first kappa shape index (κ1) is 33.6. The number of hydrogen-bond donors (Lipinski definition) is 3. The van der Waals surface area contributed by atoms with Crippen molar-refractivity contribution in [2.45, 2.75) is 42.0 Å². The highest BCUT2D eigenvalue weighted by molar-refractivity contribution is 7.92. The molecule has 234 valence electrons. The smallest absolute Gasteiger partial charge is 0.416 e. The minimum atomic E-state index is -4.66. The van der Waals surface area contributed by atoms with E-state index in [1.807, 2.05) is 4.72 Å². The van der Waals surface area contributed by atoms with Crippen LogP contribution in [0, 0.1) is 11.6 Å². The molecule has 10 nitrogen and oxygen atoms in total. The van der Waals surface area contributed by atoms with Crippen LogP contribution in [0.4, 0.5) is 33.5 Å². The third-order valence-corrected chi connectivity index (χ3v) is 8.59. The Morgan fingerprint density at radius 1 is 1.16 bits per heavy atom. The zero-order chi connectivity index (χ0) is 32.0. The van der Waals surface area contributed by atoms with E-state index >= 15 is 8.78 Å². The molecule has 2 atom stereocenters. The summed E-state index contributed by atoms with van der Waals surface area (Å²) in [5.74, 6) is -2.80. The lowest BCUT2D eigenvalue weighted by molar-refractivity contribution is -0.137. The molecule has 0 amide bonds. The van der Waals surface area contributed by atoms with Gasteiger partial charge in [-0.1, -0.05) is 18.2 Å². The van der Waals surface area contributed by atoms with Crippen molar-refractivity contribution in [2.75, 3.05) is 36.8 Å². The van der Waals surface area contributed by atoms with Gasteiger partial charge in [0.2, 0.25) is 0 Å². The Balaban J connectivity index is 0.00000162. The number of hydrogen-bond acceptors (Lipinski definition) is 8. The Hall–Kier alpha value is -3.89. The molecule has 0 radical (unpaired) electrons. The van der Waals surface area contributed by atoms with Gasteiger partial charge in [-0.2, -0.15) is 13.2 Å². The van der Waals surface area contributed by atoms with Crippen LogP contribution in [0.2, 0.25) is 0 Å². The van der Waals surface area contributed by atoms with E-state index in [1.54, 1.807) is 30.0 Å². The summed E-state index contributed by atoms with van der Waals surface area (Å²) < 4.78 is 97.2. The fourth-order valence-electron chi connectivity index (χ4n) is 4.98. The fraction of sp³-hybridized carbons (Fsp3) is 0.370. The molecule has 0 saturated carbocycles. The summed E-state index contributed by atoms with van der Waals surface area (Å²) in [5.41, 5.74) is -1.25. The molecule has 1 aliphatic rings. The largest absolute Gasteiger partial charge is 0.483 e. The van der Waals surface area contributed by atoms with Crippen LogP contribution in [0.1, 0.15) is 24.0 Å². The molecule has 0 aliphatic carbocycles. The molecule has 43 heavy (non-hydrogen) atoms. The normalized spacial score (nSPS) is 19.0. The molecule has 1 saturated heterocycles. The highest BCUT2D eigenvalue weighted by Gasteiger charge is 2.45. The highest BCUT2D eigenvalue weighted by Crippen LogP contribution is 2.36. The summed E-state index contributed by atoms with van der Waals surface area (Å²) in [7, 11) is -1.22. The standard InChI is InChI=1S/C26H28F5N5O3S.CH2O2/c1-35(2)25(9-6-17-4-3-5-18(12-17)26(29,30)31)15-36(11-8-22(25)37)19-13-20(27)24(21(28)14-19)40(38,39)34-23-7-10-32-16-33-23;2-1-3/h3-5,7,10,12-14,16,22,37H,6,8-9,11,15H2,1-2H3,(H,32,33,34);1H,(H,2,3)/t22-,25+;/m1./s1. The van der Waals surface area contributed by atoms with Gasteiger partial charge < -0.3 is 15.1 Å². The number of carboxylic acid groups (broad SMARTS) is 1. The Bertz CT molecular complexity index is 1490. The Morgan fingerprint density at radius 3 is 2.37 bits per heavy atom. The van der Waals surface area contributed by atoms with E-state index in [4.69, 9.17) is 9.90 Å². The van der Waals surface area contributed by atoms with Crippen LogP contribution in [0.3, 0.4) is 0 Å². The predicted molar refractivity (Wildman–Crippen MR) is 147 cm³/mol. The summed E-state index contributed by atoms with van der Waals surface area (Å²) >= 11 is 0. The van der Waals surface area contributed by atoms with Crippen molar-refractivity contribution in [2.24, 2.45) is 0 Å². The lowest BCUT2D eigenvalue weighted by Gasteiger charge is -2.51. The Kier molecular flexibility index (Phi) is 10.6. The number of alkyl halides is 3. The monoisotopic (exact) mass is 631 g/mol. The van der Waals surface area contributed by atoms with Gasteiger partial charge in [-0.25, -0.2) is 27.2 Å². The molecule has 1 fully saturated rings. The number of aryl methyl sites for hydroxylation is 1. The molecule has 0 bridgehead atoms. The molecule has 1 aromatic heterocycles. The molecule has 16 heteroatoms. The van der Waals surface area contributed by atoms with Gasteiger partial charge in [0.15, 0.2) is 4.90 Å². The number of rotatable bonds is 8. The van der Waals surface area contributed by atoms with E-state index < -0.39 is 49.9 Å². The maximum Gasteiger partial charge on any atom is 0.416 e. The van der Waals surface area contributed by atoms with Crippen molar-refractivity contribution in [3.8, 4) is 0 Å². The number of aromatic nitrogens is 2. The number of carbonyl (C=O) groups is 1. The maximum atomic E-state index is 15.1. The number of aliphatic hydroxyl groups is 1. The average molecular weight is 632 g/mol. The van der Waals surface area contributed by atoms with Crippen molar-refractivity contribution in [1.29, 1.82) is 0 Å². The van der Waals surface area contributed by atoms with Crippen LogP contribution in [0.5, 0.6) is 0 Å². The molecule has 3 N–H and O–H groups in total. The second-order valence-electron chi connectivity index (χ2n) is 9.97. The predicted octanol–water partition coefficient (Wildman–Crippen LogP) is 3.78. The molecular weight excluding hydrogens is 601 g/mol. The number of halogens is 5. The fourth-order valence-corrected chi connectivity index (χ4v) is 6.11. The summed E-state index contributed by atoms with van der Waals surface area (Å²) in [4.78, 5) is 17.9. The Morgan fingerprint density at radius 2 is 1.81 bits per heavy atom. The number of benzene rings is 2. The third-order valence-electron chi connectivity index (χ3n) is 7.19. The summed E-state index contributed by atoms with van der Waals surface area (Å²) in [5, 5.41) is 17.9. The van der Waals surface area contributed by atoms with Crippen LogP contribution in [0.15, 0.2) is 59.9 Å². The van der Waals surface area contributed by atoms with Crippen LogP contribution in [-0.4, -0.2) is 78.8 Å². The van der Waals surface area contributed by atoms with Crippen LogP contribution < -0.4 is 9.62 Å². The maximum absolute atomic E-state index is 15.1. The summed E-state index contributed by atoms with van der Waals surface area (Å²) in [6, 6.07) is 7.98. The van der Waals surface area contributed by atoms with Crippen molar-refractivity contribution in [3.05, 3.63) is 77.8 Å². The van der Waals surface area contributed by atoms with Gasteiger partial charge in [-0.05, 0) is 63.2 Å². The van der Waals surface area contributed by atoms with E-state index in [2.05, 4.69) is 9.97 Å². The zero-order valence-corrected chi connectivity index (χ0v) is 23.9. The van der Waals surface area contributed by atoms with Gasteiger partial charge in [0.1, 0.15) is 23.8 Å². The van der Waals surface area contributed by atoms with E-state index in [9.17, 15) is 26.7 Å². The molecular formula is C27H30F5N5O5S. The number of nitrogens with one attached hydrogen (secondary N) is 1. The van der Waals surface area contributed by atoms with E-state index in [0.29, 0.717) is 5.56 Å². The zero-order valence-electron chi connectivity index (χ0n) is 23.1. The highest BCUT2D eigenvalue weighted by atomic mass is 32.2. The Labute approximate surface area is 244 Å². The van der Waals surface area contributed by atoms with Gasteiger partial charge in [0.25, 0.3) is 16.5 Å². The third kappa shape index (κ3) is 7.94. The van der Waals surface area contributed by atoms with Crippen molar-refractivity contribution in [3.63, 3.8) is 0 Å². The van der Waals surface area contributed by atoms with Gasteiger partial charge in [0.05, 0.1) is 17.2 Å². The number of nitrogens with zero attached hydrogens (tertiary/aromatic N) is 4. The molecule has 0 unspecified atom stereocenters. The summed E-state index contributed by atoms with van der Waals surface area (Å²) in [6.45, 7) is 0.0504. The molecule has 2 heterocycles. The SMILES string of the molecule is CN(C)[C@@]1(CCc2cccc(C(F)(F)F)c2)CN(c2cc(F)c(S(=O)(=O)Nc3ccncn3)c(F)c2)CC[C@H]1O.O=CO. The van der Waals surface area contributed by atoms with E-state index in [0.717, 1.165) is 30.6 Å².